The molecule has 0 spiro atoms. The van der Waals surface area contributed by atoms with Gasteiger partial charge in [0, 0.05) is 5.56 Å². The summed E-state index contributed by atoms with van der Waals surface area (Å²) in [5.41, 5.74) is 1.52. The van der Waals surface area contributed by atoms with Crippen molar-refractivity contribution in [1.29, 1.82) is 0 Å². The molecule has 0 bridgehead atoms. The maximum Gasteiger partial charge on any atom is 0.319 e. The Balaban J connectivity index is 1.91. The highest BCUT2D eigenvalue weighted by molar-refractivity contribution is 8.00. The highest BCUT2D eigenvalue weighted by Gasteiger charge is 2.20. The molecule has 0 radical (unpaired) electrons. The third kappa shape index (κ3) is 3.80. The van der Waals surface area contributed by atoms with Gasteiger partial charge in [0.1, 0.15) is 16.0 Å². The fraction of sp³-hybridized carbons (Fsp3) is 0.333. The lowest BCUT2D eigenvalue weighted by molar-refractivity contribution is -0.142. The van der Waals surface area contributed by atoms with Crippen LogP contribution in [0.15, 0.2) is 41.4 Å². The smallest absolute Gasteiger partial charge is 0.319 e. The predicted octanol–water partition coefficient (Wildman–Crippen LogP) is 3.23. The number of esters is 1. The van der Waals surface area contributed by atoms with Crippen molar-refractivity contribution in [2.24, 2.45) is 0 Å². The first-order chi connectivity index (χ1) is 12.7. The summed E-state index contributed by atoms with van der Waals surface area (Å²) in [4.78, 5) is 12.0. The Morgan fingerprint density at radius 2 is 1.92 bits per heavy atom. The van der Waals surface area contributed by atoms with Crippen LogP contribution in [-0.4, -0.2) is 44.7 Å². The normalized spacial score (nSPS) is 12.1. The fourth-order valence-corrected chi connectivity index (χ4v) is 3.33. The molecule has 3 rings (SSSR count). The zero-order valence-corrected chi connectivity index (χ0v) is 15.7. The molecule has 0 saturated heterocycles. The van der Waals surface area contributed by atoms with E-state index in [1.54, 1.807) is 18.5 Å². The van der Waals surface area contributed by atoms with Crippen LogP contribution in [0.5, 0.6) is 5.75 Å². The van der Waals surface area contributed by atoms with Gasteiger partial charge in [-0.25, -0.2) is 0 Å². The van der Waals surface area contributed by atoms with E-state index in [0.29, 0.717) is 29.5 Å². The van der Waals surface area contributed by atoms with Crippen LogP contribution in [0.4, 0.5) is 0 Å². The minimum atomic E-state index is -0.291. The third-order valence-corrected chi connectivity index (χ3v) is 5.04. The van der Waals surface area contributed by atoms with Crippen LogP contribution in [-0.2, 0) is 9.53 Å². The number of carbonyl (C=O) groups is 1. The second-order valence-electron chi connectivity index (χ2n) is 5.46. The molecule has 2 aromatic heterocycles. The van der Waals surface area contributed by atoms with Crippen molar-refractivity contribution in [3.63, 3.8) is 0 Å². The summed E-state index contributed by atoms with van der Waals surface area (Å²) >= 11 is 1.38. The van der Waals surface area contributed by atoms with Gasteiger partial charge in [0.2, 0.25) is 0 Å². The molecule has 0 unspecified atom stereocenters. The number of benzene rings is 1. The third-order valence-electron chi connectivity index (χ3n) is 3.77. The van der Waals surface area contributed by atoms with Crippen LogP contribution in [0.1, 0.15) is 20.3 Å². The highest BCUT2D eigenvalue weighted by Crippen LogP contribution is 2.26. The van der Waals surface area contributed by atoms with Crippen molar-refractivity contribution in [2.75, 3.05) is 13.7 Å². The van der Waals surface area contributed by atoms with E-state index in [1.807, 2.05) is 43.3 Å². The topological polar surface area (TPSA) is 78.6 Å². The van der Waals surface area contributed by atoms with Gasteiger partial charge in [-0.3, -0.25) is 4.79 Å². The van der Waals surface area contributed by atoms with Crippen molar-refractivity contribution in [3.8, 4) is 17.1 Å². The van der Waals surface area contributed by atoms with E-state index >= 15 is 0 Å². The van der Waals surface area contributed by atoms with Crippen LogP contribution < -0.4 is 4.74 Å². The number of aromatic nitrogens is 4. The van der Waals surface area contributed by atoms with E-state index in [2.05, 4.69) is 15.3 Å². The monoisotopic (exact) mass is 372 g/mol. The van der Waals surface area contributed by atoms with Gasteiger partial charge in [-0.15, -0.1) is 10.2 Å². The maximum absolute atomic E-state index is 12.0. The second kappa shape index (κ2) is 8.18. The van der Waals surface area contributed by atoms with Crippen molar-refractivity contribution < 1.29 is 14.3 Å². The second-order valence-corrected chi connectivity index (χ2v) is 6.68. The molecule has 0 saturated carbocycles. The van der Waals surface area contributed by atoms with Crippen LogP contribution in [0.25, 0.3) is 17.0 Å². The van der Waals surface area contributed by atoms with Crippen molar-refractivity contribution in [2.45, 2.75) is 30.5 Å². The molecule has 0 aliphatic carbocycles. The number of methoxy groups -OCH3 is 1. The largest absolute Gasteiger partial charge is 0.497 e. The van der Waals surface area contributed by atoms with Gasteiger partial charge in [-0.2, -0.15) is 9.61 Å². The van der Waals surface area contributed by atoms with Crippen molar-refractivity contribution in [1.82, 2.24) is 19.8 Å². The molecule has 1 aromatic carbocycles. The summed E-state index contributed by atoms with van der Waals surface area (Å²) < 4.78 is 12.0. The summed E-state index contributed by atoms with van der Waals surface area (Å²) in [7, 11) is 1.63. The Morgan fingerprint density at radius 1 is 1.15 bits per heavy atom. The number of ether oxygens (including phenoxy) is 2. The van der Waals surface area contributed by atoms with Crippen LogP contribution >= 0.6 is 11.8 Å². The molecule has 0 N–H and O–H groups in total. The standard InChI is InChI=1S/C18H20N4O3S/c1-4-14(18(23)25-5-2)26-16-11-10-15-19-20-17(22(15)21-16)12-6-8-13(24-3)9-7-12/h6-11,14H,4-5H2,1-3H3/t14-/m1/s1. The molecule has 8 heteroatoms. The van der Waals surface area contributed by atoms with Crippen molar-refractivity contribution in [3.05, 3.63) is 36.4 Å². The van der Waals surface area contributed by atoms with Gasteiger partial charge < -0.3 is 9.47 Å². The minimum Gasteiger partial charge on any atom is -0.497 e. The molecule has 0 aliphatic heterocycles. The zero-order chi connectivity index (χ0) is 18.5. The number of nitrogens with zero attached hydrogens (tertiary/aromatic N) is 4. The fourth-order valence-electron chi connectivity index (χ4n) is 2.43. The summed E-state index contributed by atoms with van der Waals surface area (Å²) in [5.74, 6) is 1.18. The van der Waals surface area contributed by atoms with E-state index in [0.717, 1.165) is 11.3 Å². The number of rotatable bonds is 7. The number of hydrogen-bond acceptors (Lipinski definition) is 7. The molecule has 3 aromatic rings. The quantitative estimate of drug-likeness (QED) is 0.465. The van der Waals surface area contributed by atoms with E-state index in [4.69, 9.17) is 9.47 Å². The first kappa shape index (κ1) is 18.2. The lowest BCUT2D eigenvalue weighted by Gasteiger charge is -2.12. The van der Waals surface area contributed by atoms with E-state index in [1.165, 1.54) is 11.8 Å². The van der Waals surface area contributed by atoms with Gasteiger partial charge in [0.15, 0.2) is 11.5 Å². The zero-order valence-electron chi connectivity index (χ0n) is 14.9. The predicted molar refractivity (Wildman–Crippen MR) is 99.3 cm³/mol. The maximum atomic E-state index is 12.0. The van der Waals surface area contributed by atoms with Gasteiger partial charge in [-0.1, -0.05) is 18.7 Å². The van der Waals surface area contributed by atoms with Gasteiger partial charge >= 0.3 is 5.97 Å². The Hall–Kier alpha value is -2.61. The van der Waals surface area contributed by atoms with Crippen molar-refractivity contribution >= 4 is 23.4 Å². The molecule has 26 heavy (non-hydrogen) atoms. The Bertz CT molecular complexity index is 895. The average Bonchev–Trinajstić information content (AvgIpc) is 3.09. The lowest BCUT2D eigenvalue weighted by atomic mass is 10.2. The minimum absolute atomic E-state index is 0.221. The van der Waals surface area contributed by atoms with Gasteiger partial charge in [-0.05, 0) is 49.7 Å². The molecule has 136 valence electrons. The van der Waals surface area contributed by atoms with E-state index in [-0.39, 0.29) is 11.2 Å². The molecule has 0 amide bonds. The molecular formula is C18H20N4O3S. The number of hydrogen-bond donors (Lipinski definition) is 0. The van der Waals surface area contributed by atoms with Crippen LogP contribution in [0.3, 0.4) is 0 Å². The Labute approximate surface area is 155 Å². The molecule has 7 nitrogen and oxygen atoms in total. The first-order valence-electron chi connectivity index (χ1n) is 8.36. The van der Waals surface area contributed by atoms with E-state index < -0.39 is 0 Å². The molecule has 1 atom stereocenters. The molecular weight excluding hydrogens is 352 g/mol. The number of fused-ring (bicyclic) bond motifs is 1. The van der Waals surface area contributed by atoms with Crippen LogP contribution in [0.2, 0.25) is 0 Å². The Morgan fingerprint density at radius 3 is 2.58 bits per heavy atom. The van der Waals surface area contributed by atoms with E-state index in [9.17, 15) is 4.79 Å². The molecule has 0 aliphatic rings. The average molecular weight is 372 g/mol. The summed E-state index contributed by atoms with van der Waals surface area (Å²) in [6.45, 7) is 4.13. The van der Waals surface area contributed by atoms with Crippen LogP contribution in [0, 0.1) is 0 Å². The molecule has 2 heterocycles. The highest BCUT2D eigenvalue weighted by atomic mass is 32.2. The first-order valence-corrected chi connectivity index (χ1v) is 9.24. The lowest BCUT2D eigenvalue weighted by Crippen LogP contribution is -2.19. The number of carbonyl (C=O) groups excluding carboxylic acids is 1. The van der Waals surface area contributed by atoms with Gasteiger partial charge in [0.25, 0.3) is 0 Å². The summed E-state index contributed by atoms with van der Waals surface area (Å²) in [6.07, 6.45) is 0.663. The molecule has 0 fully saturated rings. The SMILES string of the molecule is CCOC(=O)[C@@H](CC)Sc1ccc2nnc(-c3ccc(OC)cc3)n2n1. The number of thioether (sulfide) groups is 1. The Kier molecular flexibility index (Phi) is 5.72. The summed E-state index contributed by atoms with van der Waals surface area (Å²) in [6, 6.07) is 11.2. The van der Waals surface area contributed by atoms with Gasteiger partial charge in [0.05, 0.1) is 13.7 Å². The summed E-state index contributed by atoms with van der Waals surface area (Å²) in [5, 5.41) is 13.4.